The first-order valence-corrected chi connectivity index (χ1v) is 22.7. The zero-order valence-electron chi connectivity index (χ0n) is 40.7. The molecule has 0 bridgehead atoms. The summed E-state index contributed by atoms with van der Waals surface area (Å²) in [6.45, 7) is 23.3. The number of aryl methyl sites for hydroxylation is 2. The maximum atomic E-state index is 12.7. The van der Waals surface area contributed by atoms with Gasteiger partial charge in [0.2, 0.25) is 0 Å². The van der Waals surface area contributed by atoms with E-state index in [9.17, 15) is 39.6 Å². The SMILES string of the molecule is CCCCCc1cc(O)c(C/C=C(\C)CCC=C(C)C)c(OC(=O)C(N)C(C)C)c1C(=O)O.CCCc1cc(O)c(C/C=C(\C)CCC=C(C)C)c(OC(=O)C(N)C(C)C)c1C(=O)O. The molecule has 64 heavy (non-hydrogen) atoms. The number of aromatic hydroxyl groups is 2. The highest BCUT2D eigenvalue weighted by Crippen LogP contribution is 2.38. The van der Waals surface area contributed by atoms with Crippen LogP contribution in [0.5, 0.6) is 23.0 Å². The highest BCUT2D eigenvalue weighted by molar-refractivity contribution is 5.96. The number of ether oxygens (including phenoxy) is 2. The number of unbranched alkanes of at least 4 members (excludes halogenated alkanes) is 2. The molecule has 2 aromatic carbocycles. The Morgan fingerprint density at radius 2 is 0.969 bits per heavy atom. The van der Waals surface area contributed by atoms with Crippen LogP contribution >= 0.6 is 0 Å². The van der Waals surface area contributed by atoms with Crippen molar-refractivity contribution < 1.29 is 49.1 Å². The molecule has 2 atom stereocenters. The van der Waals surface area contributed by atoms with E-state index in [0.29, 0.717) is 30.4 Å². The average molecular weight is 891 g/mol. The fourth-order valence-corrected chi connectivity index (χ4v) is 6.61. The van der Waals surface area contributed by atoms with Crippen LogP contribution in [0.1, 0.15) is 177 Å². The van der Waals surface area contributed by atoms with E-state index in [1.54, 1.807) is 27.7 Å². The van der Waals surface area contributed by atoms with E-state index < -0.39 is 36.0 Å². The molecule has 12 nitrogen and oxygen atoms in total. The van der Waals surface area contributed by atoms with Gasteiger partial charge in [-0.2, -0.15) is 0 Å². The van der Waals surface area contributed by atoms with E-state index in [1.165, 1.54) is 23.3 Å². The summed E-state index contributed by atoms with van der Waals surface area (Å²) >= 11 is 0. The van der Waals surface area contributed by atoms with Gasteiger partial charge < -0.3 is 41.4 Å². The molecule has 0 fully saturated rings. The van der Waals surface area contributed by atoms with Crippen LogP contribution in [0, 0.1) is 11.8 Å². The van der Waals surface area contributed by atoms with Crippen LogP contribution < -0.4 is 20.9 Å². The molecule has 0 aliphatic heterocycles. The molecule has 0 aromatic heterocycles. The molecule has 0 radical (unpaired) electrons. The van der Waals surface area contributed by atoms with Gasteiger partial charge in [0, 0.05) is 11.1 Å². The van der Waals surface area contributed by atoms with Gasteiger partial charge in [0.05, 0.1) is 0 Å². The molecule has 0 heterocycles. The third kappa shape index (κ3) is 18.9. The monoisotopic (exact) mass is 891 g/mol. The first-order valence-electron chi connectivity index (χ1n) is 22.7. The first-order chi connectivity index (χ1) is 30.0. The molecule has 0 saturated carbocycles. The van der Waals surface area contributed by atoms with Gasteiger partial charge in [-0.05, 0) is 134 Å². The molecule has 356 valence electrons. The zero-order valence-corrected chi connectivity index (χ0v) is 40.7. The predicted octanol–water partition coefficient (Wildman–Crippen LogP) is 11.1. The van der Waals surface area contributed by atoms with E-state index in [2.05, 4.69) is 32.9 Å². The lowest BCUT2D eigenvalue weighted by Crippen LogP contribution is -2.39. The molecule has 12 heteroatoms. The van der Waals surface area contributed by atoms with Gasteiger partial charge in [-0.15, -0.1) is 0 Å². The van der Waals surface area contributed by atoms with Gasteiger partial charge in [0.1, 0.15) is 34.7 Å². The van der Waals surface area contributed by atoms with Crippen LogP contribution in [0.3, 0.4) is 0 Å². The largest absolute Gasteiger partial charge is 0.508 e. The molecular formula is C52H78N2O10. The van der Waals surface area contributed by atoms with E-state index in [4.69, 9.17) is 20.9 Å². The number of allylic oxidation sites excluding steroid dienone is 8. The smallest absolute Gasteiger partial charge is 0.339 e. The summed E-state index contributed by atoms with van der Waals surface area (Å²) in [5.74, 6) is -4.50. The molecule has 2 aromatic rings. The quantitative estimate of drug-likeness (QED) is 0.0251. The summed E-state index contributed by atoms with van der Waals surface area (Å²) in [6, 6.07) is 1.18. The van der Waals surface area contributed by atoms with E-state index in [-0.39, 0.29) is 69.9 Å². The van der Waals surface area contributed by atoms with Crippen molar-refractivity contribution in [1.82, 2.24) is 0 Å². The third-order valence-corrected chi connectivity index (χ3v) is 10.8. The number of aromatic carboxylic acids is 2. The van der Waals surface area contributed by atoms with Crippen LogP contribution in [-0.4, -0.2) is 56.4 Å². The van der Waals surface area contributed by atoms with Crippen LogP contribution in [0.4, 0.5) is 0 Å². The number of carbonyl (C=O) groups excluding carboxylic acids is 2. The van der Waals surface area contributed by atoms with Crippen LogP contribution in [-0.2, 0) is 35.3 Å². The first kappa shape index (κ1) is 56.8. The summed E-state index contributed by atoms with van der Waals surface area (Å²) in [5.41, 5.74) is 17.9. The number of hydrogen-bond acceptors (Lipinski definition) is 10. The van der Waals surface area contributed by atoms with Crippen molar-refractivity contribution in [3.63, 3.8) is 0 Å². The summed E-state index contributed by atoms with van der Waals surface area (Å²) in [6.07, 6.45) is 16.5. The number of carboxylic acids is 2. The molecular weight excluding hydrogens is 813 g/mol. The number of hydrogen-bond donors (Lipinski definition) is 6. The Morgan fingerprint density at radius 1 is 0.594 bits per heavy atom. The Kier molecular flexibility index (Phi) is 25.4. The van der Waals surface area contributed by atoms with Crippen molar-refractivity contribution in [2.75, 3.05) is 0 Å². The van der Waals surface area contributed by atoms with Gasteiger partial charge in [-0.25, -0.2) is 19.2 Å². The number of phenolic OH excluding ortho intramolecular Hbond substituents is 2. The topological polar surface area (TPSA) is 220 Å². The second-order valence-electron chi connectivity index (χ2n) is 17.8. The standard InChI is InChI=1S/C27H41NO5.C25H37NO5/c1-7-8-9-13-20-16-22(29)21(15-14-19(6)12-10-11-17(2)3)25(23(20)26(30)31)33-27(32)24(28)18(4)5;1-7-9-18-14-20(27)19(13-12-17(6)11-8-10-15(2)3)23(21(18)24(28)29)31-25(30)22(26)16(4)5/h11,14,16,18,24,29H,7-10,12-13,15,28H2,1-6H3,(H,30,31);10,12,14,16,22,27H,7-9,11,13,26H2,1-6H3,(H,28,29)/b19-14+;17-12+. The summed E-state index contributed by atoms with van der Waals surface area (Å²) < 4.78 is 11.1. The van der Waals surface area contributed by atoms with Crippen LogP contribution in [0.25, 0.3) is 0 Å². The highest BCUT2D eigenvalue weighted by atomic mass is 16.5. The molecule has 2 rings (SSSR count). The highest BCUT2D eigenvalue weighted by Gasteiger charge is 2.30. The van der Waals surface area contributed by atoms with E-state index in [0.717, 1.165) is 56.1 Å². The molecule has 0 spiro atoms. The predicted molar refractivity (Wildman–Crippen MR) is 257 cm³/mol. The lowest BCUT2D eigenvalue weighted by atomic mass is 9.94. The molecule has 0 aliphatic carbocycles. The maximum Gasteiger partial charge on any atom is 0.339 e. The Balaban J connectivity index is 0.000000641. The Bertz CT molecular complexity index is 2010. The summed E-state index contributed by atoms with van der Waals surface area (Å²) in [4.78, 5) is 49.5. The van der Waals surface area contributed by atoms with Crippen molar-refractivity contribution in [2.24, 2.45) is 23.3 Å². The fourth-order valence-electron chi connectivity index (χ4n) is 6.61. The zero-order chi connectivity index (χ0) is 48.8. The number of nitrogens with two attached hydrogens (primary N) is 2. The van der Waals surface area contributed by atoms with Gasteiger partial charge >= 0.3 is 23.9 Å². The summed E-state index contributed by atoms with van der Waals surface area (Å²) in [5, 5.41) is 41.3. The van der Waals surface area contributed by atoms with Gasteiger partial charge in [0.15, 0.2) is 11.5 Å². The summed E-state index contributed by atoms with van der Waals surface area (Å²) in [7, 11) is 0. The van der Waals surface area contributed by atoms with Crippen molar-refractivity contribution in [1.29, 1.82) is 0 Å². The number of phenols is 2. The number of rotatable bonds is 24. The normalized spacial score (nSPS) is 12.6. The molecule has 0 aliphatic rings. The molecule has 8 N–H and O–H groups in total. The third-order valence-electron chi connectivity index (χ3n) is 10.8. The second-order valence-corrected chi connectivity index (χ2v) is 17.8. The average Bonchev–Trinajstić information content (AvgIpc) is 3.19. The Morgan fingerprint density at radius 3 is 1.28 bits per heavy atom. The minimum atomic E-state index is -1.20. The lowest BCUT2D eigenvalue weighted by molar-refractivity contribution is -0.137. The molecule has 0 saturated heterocycles. The minimum absolute atomic E-state index is 0.0687. The fraction of sp³-hybridized carbons (Fsp3) is 0.538. The van der Waals surface area contributed by atoms with Gasteiger partial charge in [-0.1, -0.05) is 107 Å². The number of carboxylic acid groups (broad SMARTS) is 2. The molecule has 2 unspecified atom stereocenters. The Labute approximate surface area is 382 Å². The number of esters is 2. The van der Waals surface area contributed by atoms with Crippen LogP contribution in [0.15, 0.2) is 58.7 Å². The van der Waals surface area contributed by atoms with E-state index in [1.807, 2.05) is 46.8 Å². The van der Waals surface area contributed by atoms with Crippen molar-refractivity contribution in [3.05, 3.63) is 92.1 Å². The van der Waals surface area contributed by atoms with E-state index >= 15 is 0 Å². The lowest BCUT2D eigenvalue weighted by Gasteiger charge is -2.20. The number of benzene rings is 2. The van der Waals surface area contributed by atoms with Crippen molar-refractivity contribution in [3.8, 4) is 23.0 Å². The maximum absolute atomic E-state index is 12.7. The van der Waals surface area contributed by atoms with Crippen molar-refractivity contribution in [2.45, 2.75) is 172 Å². The minimum Gasteiger partial charge on any atom is -0.508 e. The second kappa shape index (κ2) is 28.6. The van der Waals surface area contributed by atoms with Gasteiger partial charge in [0.25, 0.3) is 0 Å². The van der Waals surface area contributed by atoms with Crippen molar-refractivity contribution >= 4 is 23.9 Å². The Hall–Kier alpha value is -5.20. The van der Waals surface area contributed by atoms with Gasteiger partial charge in [-0.3, -0.25) is 0 Å². The van der Waals surface area contributed by atoms with Crippen LogP contribution in [0.2, 0.25) is 0 Å². The number of carbonyl (C=O) groups is 4. The molecule has 0 amide bonds.